The molecule has 5 nitrogen and oxygen atoms in total. The van der Waals surface area contributed by atoms with Gasteiger partial charge >= 0.3 is 0 Å². The van der Waals surface area contributed by atoms with E-state index in [2.05, 4.69) is 29.2 Å². The molecule has 174 valence electrons. The SMILES string of the molecule is OCCN(Cc1ccc(OCCF)cc1)C[C@H](O)CN1c2ccccc2Sc2ccccc21. The van der Waals surface area contributed by atoms with E-state index in [0.717, 1.165) is 16.9 Å². The quantitative estimate of drug-likeness (QED) is 0.432. The van der Waals surface area contributed by atoms with Crippen molar-refractivity contribution in [2.45, 2.75) is 22.4 Å². The molecule has 3 aromatic rings. The second-order valence-electron chi connectivity index (χ2n) is 7.94. The average molecular weight is 469 g/mol. The van der Waals surface area contributed by atoms with Crippen LogP contribution in [-0.4, -0.2) is 60.7 Å². The second kappa shape index (κ2) is 11.5. The van der Waals surface area contributed by atoms with Crippen LogP contribution in [0.15, 0.2) is 82.6 Å². The molecule has 0 amide bonds. The maximum absolute atomic E-state index is 12.3. The number of rotatable bonds is 11. The molecule has 1 aliphatic rings. The van der Waals surface area contributed by atoms with Gasteiger partial charge in [0.25, 0.3) is 0 Å². The number of aliphatic hydroxyl groups excluding tert-OH is 2. The summed E-state index contributed by atoms with van der Waals surface area (Å²) < 4.78 is 17.6. The van der Waals surface area contributed by atoms with Crippen molar-refractivity contribution in [2.24, 2.45) is 0 Å². The predicted octanol–water partition coefficient (Wildman–Crippen LogP) is 4.49. The van der Waals surface area contributed by atoms with Crippen LogP contribution in [-0.2, 0) is 6.54 Å². The molecule has 3 aromatic carbocycles. The lowest BCUT2D eigenvalue weighted by molar-refractivity contribution is 0.100. The van der Waals surface area contributed by atoms with Gasteiger partial charge in [0.05, 0.1) is 30.6 Å². The van der Waals surface area contributed by atoms with Gasteiger partial charge in [0.2, 0.25) is 0 Å². The van der Waals surface area contributed by atoms with Gasteiger partial charge in [0.1, 0.15) is 19.0 Å². The van der Waals surface area contributed by atoms with Gasteiger partial charge in [-0.2, -0.15) is 0 Å². The number of β-amino-alcohol motifs (C(OH)–C–C–N with tert-alkyl or cyclic N) is 1. The Morgan fingerprint density at radius 2 is 1.58 bits per heavy atom. The Bertz CT molecular complexity index is 989. The maximum Gasteiger partial charge on any atom is 0.123 e. The van der Waals surface area contributed by atoms with Crippen molar-refractivity contribution in [2.75, 3.05) is 44.4 Å². The molecule has 0 aromatic heterocycles. The lowest BCUT2D eigenvalue weighted by atomic mass is 10.1. The number of fused-ring (bicyclic) bond motifs is 2. The van der Waals surface area contributed by atoms with Crippen LogP contribution in [0.3, 0.4) is 0 Å². The number of halogens is 1. The van der Waals surface area contributed by atoms with E-state index in [-0.39, 0.29) is 13.2 Å². The van der Waals surface area contributed by atoms with Crippen molar-refractivity contribution in [3.8, 4) is 5.75 Å². The molecule has 1 aliphatic heterocycles. The standard InChI is InChI=1S/C26H29FN2O3S/c27-13-16-32-22-11-9-20(10-12-22)17-28(14-15-30)18-21(31)19-29-23-5-1-3-7-25(23)33-26-8-4-2-6-24(26)29/h1-12,21,30-31H,13-19H2/t21-/m0/s1. The van der Waals surface area contributed by atoms with Gasteiger partial charge in [-0.25, -0.2) is 4.39 Å². The van der Waals surface area contributed by atoms with E-state index in [9.17, 15) is 14.6 Å². The van der Waals surface area contributed by atoms with E-state index >= 15 is 0 Å². The third-order valence-electron chi connectivity index (χ3n) is 5.49. The fraction of sp³-hybridized carbons (Fsp3) is 0.308. The summed E-state index contributed by atoms with van der Waals surface area (Å²) in [5.41, 5.74) is 3.23. The molecule has 33 heavy (non-hydrogen) atoms. The first-order chi connectivity index (χ1) is 16.2. The molecule has 0 radical (unpaired) electrons. The van der Waals surface area contributed by atoms with E-state index in [1.165, 1.54) is 9.79 Å². The number of alkyl halides is 1. The Labute approximate surface area is 198 Å². The molecular formula is C26H29FN2O3S. The van der Waals surface area contributed by atoms with Crippen LogP contribution >= 0.6 is 11.8 Å². The van der Waals surface area contributed by atoms with Crippen LogP contribution in [0.4, 0.5) is 15.8 Å². The predicted molar refractivity (Wildman–Crippen MR) is 130 cm³/mol. The van der Waals surface area contributed by atoms with Gasteiger partial charge in [-0.1, -0.05) is 48.2 Å². The summed E-state index contributed by atoms with van der Waals surface area (Å²) in [6.07, 6.45) is -0.618. The topological polar surface area (TPSA) is 56.2 Å². The normalized spacial score (nSPS) is 13.5. The van der Waals surface area contributed by atoms with Crippen LogP contribution < -0.4 is 9.64 Å². The molecule has 4 rings (SSSR count). The zero-order valence-corrected chi connectivity index (χ0v) is 19.3. The number of benzene rings is 3. The molecule has 1 heterocycles. The molecule has 0 unspecified atom stereocenters. The average Bonchev–Trinajstić information content (AvgIpc) is 2.83. The van der Waals surface area contributed by atoms with Crippen LogP contribution in [0, 0.1) is 0 Å². The van der Waals surface area contributed by atoms with Crippen molar-refractivity contribution in [1.82, 2.24) is 4.90 Å². The van der Waals surface area contributed by atoms with Crippen molar-refractivity contribution in [3.05, 3.63) is 78.4 Å². The van der Waals surface area contributed by atoms with Gasteiger partial charge in [-0.15, -0.1) is 0 Å². The highest BCUT2D eigenvalue weighted by Crippen LogP contribution is 2.47. The van der Waals surface area contributed by atoms with E-state index in [0.29, 0.717) is 31.9 Å². The monoisotopic (exact) mass is 468 g/mol. The summed E-state index contributed by atoms with van der Waals surface area (Å²) in [7, 11) is 0. The highest BCUT2D eigenvalue weighted by Gasteiger charge is 2.25. The lowest BCUT2D eigenvalue weighted by Crippen LogP contribution is -2.40. The number of anilines is 2. The number of hydrogen-bond acceptors (Lipinski definition) is 6. The Morgan fingerprint density at radius 3 is 2.18 bits per heavy atom. The number of aliphatic hydroxyl groups is 2. The first kappa shape index (κ1) is 23.6. The number of hydrogen-bond donors (Lipinski definition) is 2. The van der Waals surface area contributed by atoms with Gasteiger partial charge in [0, 0.05) is 29.4 Å². The summed E-state index contributed by atoms with van der Waals surface area (Å²) in [4.78, 5) is 6.56. The maximum atomic E-state index is 12.3. The molecule has 0 fully saturated rings. The molecule has 7 heteroatoms. The number of ether oxygens (including phenoxy) is 1. The first-order valence-corrected chi connectivity index (χ1v) is 11.9. The molecule has 1 atom stereocenters. The summed E-state index contributed by atoms with van der Waals surface area (Å²) in [5.74, 6) is 0.630. The fourth-order valence-electron chi connectivity index (χ4n) is 4.03. The zero-order valence-electron chi connectivity index (χ0n) is 18.4. The molecule has 0 saturated heterocycles. The highest BCUT2D eigenvalue weighted by atomic mass is 32.2. The van der Waals surface area contributed by atoms with Crippen molar-refractivity contribution < 1.29 is 19.3 Å². The molecule has 0 bridgehead atoms. The summed E-state index contributed by atoms with van der Waals surface area (Å²) in [5, 5.41) is 20.6. The van der Waals surface area contributed by atoms with E-state index in [1.807, 2.05) is 53.4 Å². The minimum atomic E-state index is -0.618. The molecule has 0 aliphatic carbocycles. The number of nitrogens with zero attached hydrogens (tertiary/aromatic N) is 2. The van der Waals surface area contributed by atoms with Crippen LogP contribution in [0.1, 0.15) is 5.56 Å². The van der Waals surface area contributed by atoms with Gasteiger partial charge in [-0.05, 0) is 42.0 Å². The minimum absolute atomic E-state index is 0.0104. The van der Waals surface area contributed by atoms with Crippen molar-refractivity contribution in [1.29, 1.82) is 0 Å². The van der Waals surface area contributed by atoms with E-state index in [1.54, 1.807) is 11.8 Å². The Balaban J connectivity index is 1.44. The summed E-state index contributed by atoms with van der Waals surface area (Å²) >= 11 is 1.75. The van der Waals surface area contributed by atoms with Crippen molar-refractivity contribution >= 4 is 23.1 Å². The van der Waals surface area contributed by atoms with Crippen molar-refractivity contribution in [3.63, 3.8) is 0 Å². The lowest BCUT2D eigenvalue weighted by Gasteiger charge is -2.35. The zero-order chi connectivity index (χ0) is 23.0. The third kappa shape index (κ3) is 6.06. The Hall–Kier alpha value is -2.58. The molecular weight excluding hydrogens is 439 g/mol. The van der Waals surface area contributed by atoms with Crippen LogP contribution in [0.2, 0.25) is 0 Å². The fourth-order valence-corrected chi connectivity index (χ4v) is 5.12. The molecule has 2 N–H and O–H groups in total. The van der Waals surface area contributed by atoms with Gasteiger partial charge in [0.15, 0.2) is 0 Å². The van der Waals surface area contributed by atoms with Gasteiger partial charge in [-0.3, -0.25) is 4.90 Å². The molecule has 0 saturated carbocycles. The number of para-hydroxylation sites is 2. The van der Waals surface area contributed by atoms with Crippen LogP contribution in [0.5, 0.6) is 5.75 Å². The summed E-state index contributed by atoms with van der Waals surface area (Å²) in [6.45, 7) is 1.46. The Kier molecular flexibility index (Phi) is 8.23. The van der Waals surface area contributed by atoms with E-state index < -0.39 is 12.8 Å². The minimum Gasteiger partial charge on any atom is -0.491 e. The first-order valence-electron chi connectivity index (χ1n) is 11.1. The second-order valence-corrected chi connectivity index (χ2v) is 9.03. The van der Waals surface area contributed by atoms with E-state index in [4.69, 9.17) is 4.74 Å². The van der Waals surface area contributed by atoms with Gasteiger partial charge < -0.3 is 19.8 Å². The van der Waals surface area contributed by atoms with Crippen LogP contribution in [0.25, 0.3) is 0 Å². The highest BCUT2D eigenvalue weighted by molar-refractivity contribution is 7.99. The molecule has 0 spiro atoms. The smallest absolute Gasteiger partial charge is 0.123 e. The summed E-state index contributed by atoms with van der Waals surface area (Å²) in [6, 6.07) is 24.0. The largest absolute Gasteiger partial charge is 0.491 e. The Morgan fingerprint density at radius 1 is 0.939 bits per heavy atom. The third-order valence-corrected chi connectivity index (χ3v) is 6.62.